The van der Waals surface area contributed by atoms with Gasteiger partial charge in [-0.3, -0.25) is 4.90 Å². The van der Waals surface area contributed by atoms with Gasteiger partial charge in [0.15, 0.2) is 0 Å². The first-order valence-electron chi connectivity index (χ1n) is 9.78. The number of likely N-dealkylation sites (N-methyl/N-ethyl adjacent to an activating group) is 1. The van der Waals surface area contributed by atoms with E-state index in [1.807, 2.05) is 14.0 Å². The number of aliphatic hydroxyl groups excluding tert-OH is 2. The highest BCUT2D eigenvalue weighted by Gasteiger charge is 2.32. The van der Waals surface area contributed by atoms with E-state index in [1.165, 1.54) is 37.9 Å². The zero-order valence-electron chi connectivity index (χ0n) is 16.7. The van der Waals surface area contributed by atoms with Gasteiger partial charge in [-0.2, -0.15) is 0 Å². The lowest BCUT2D eigenvalue weighted by atomic mass is 9.89. The van der Waals surface area contributed by atoms with Crippen LogP contribution < -0.4 is 0 Å². The maximum atomic E-state index is 9.88. The Bertz CT molecular complexity index is 1150. The molecule has 2 N–H and O–H groups in total. The minimum atomic E-state index is -0.686. The fourth-order valence-corrected chi connectivity index (χ4v) is 4.18. The molecule has 4 aromatic rings. The molecule has 0 spiro atoms. The van der Waals surface area contributed by atoms with Crippen molar-refractivity contribution in [2.75, 3.05) is 20.3 Å². The molecule has 0 aromatic heterocycles. The summed E-state index contributed by atoms with van der Waals surface area (Å²) in [6.45, 7) is 3.84. The van der Waals surface area contributed by atoms with Crippen molar-refractivity contribution in [1.29, 1.82) is 0 Å². The zero-order chi connectivity index (χ0) is 19.9. The topological polar surface area (TPSA) is 43.7 Å². The first-order chi connectivity index (χ1) is 13.5. The second-order valence-corrected chi connectivity index (χ2v) is 7.99. The summed E-state index contributed by atoms with van der Waals surface area (Å²) in [4.78, 5) is 2.08. The first kappa shape index (κ1) is 18.9. The van der Waals surface area contributed by atoms with Gasteiger partial charge < -0.3 is 10.2 Å². The van der Waals surface area contributed by atoms with Crippen molar-refractivity contribution in [3.63, 3.8) is 0 Å². The standard InChI is InChI=1S/C25H27NO2/c1-17(26(3)25(2,15-27)16-28)23-14-24-19-9-5-4-8-18(19)12-13-22(24)20-10-6-7-11-21(20)23/h4-14,17,27-28H,15-16H2,1-3H3. The van der Waals surface area contributed by atoms with Gasteiger partial charge in [-0.1, -0.05) is 60.7 Å². The highest BCUT2D eigenvalue weighted by molar-refractivity contribution is 6.18. The van der Waals surface area contributed by atoms with Gasteiger partial charge in [0, 0.05) is 6.04 Å². The predicted molar refractivity (Wildman–Crippen MR) is 118 cm³/mol. The van der Waals surface area contributed by atoms with E-state index in [-0.39, 0.29) is 19.3 Å². The third kappa shape index (κ3) is 2.87. The molecule has 1 atom stereocenters. The lowest BCUT2D eigenvalue weighted by molar-refractivity contribution is -0.00564. The van der Waals surface area contributed by atoms with Crippen molar-refractivity contribution in [2.45, 2.75) is 25.4 Å². The molecular formula is C25H27NO2. The van der Waals surface area contributed by atoms with E-state index in [0.29, 0.717) is 0 Å². The predicted octanol–water partition coefficient (Wildman–Crippen LogP) is 4.88. The molecule has 0 aliphatic rings. The van der Waals surface area contributed by atoms with Crippen LogP contribution in [0.3, 0.4) is 0 Å². The average Bonchev–Trinajstić information content (AvgIpc) is 2.76. The Hall–Kier alpha value is -2.46. The molecule has 0 heterocycles. The fourth-order valence-electron chi connectivity index (χ4n) is 4.18. The minimum absolute atomic E-state index is 0.0255. The Morgan fingerprint density at radius 1 is 0.786 bits per heavy atom. The van der Waals surface area contributed by atoms with Crippen LogP contribution in [0.15, 0.2) is 66.7 Å². The Labute approximate surface area is 165 Å². The summed E-state index contributed by atoms with van der Waals surface area (Å²) in [5.74, 6) is 0. The third-order valence-corrected chi connectivity index (χ3v) is 6.36. The normalized spacial score (nSPS) is 13.6. The van der Waals surface area contributed by atoms with Crippen molar-refractivity contribution in [3.05, 3.63) is 72.3 Å². The molecule has 4 rings (SSSR count). The van der Waals surface area contributed by atoms with Gasteiger partial charge in [0.25, 0.3) is 0 Å². The van der Waals surface area contributed by atoms with E-state index in [2.05, 4.69) is 78.6 Å². The Kier molecular flexibility index (Phi) is 4.84. The first-order valence-corrected chi connectivity index (χ1v) is 9.78. The van der Waals surface area contributed by atoms with Crippen LogP contribution in [0.2, 0.25) is 0 Å². The summed E-state index contributed by atoms with van der Waals surface area (Å²) in [5.41, 5.74) is 0.517. The van der Waals surface area contributed by atoms with Crippen LogP contribution >= 0.6 is 0 Å². The van der Waals surface area contributed by atoms with E-state index < -0.39 is 5.54 Å². The van der Waals surface area contributed by atoms with Crippen LogP contribution in [0.25, 0.3) is 32.3 Å². The number of hydrogen-bond acceptors (Lipinski definition) is 3. The molecule has 0 aliphatic heterocycles. The second-order valence-electron chi connectivity index (χ2n) is 7.99. The largest absolute Gasteiger partial charge is 0.394 e. The lowest BCUT2D eigenvalue weighted by Gasteiger charge is -2.40. The van der Waals surface area contributed by atoms with Crippen molar-refractivity contribution in [1.82, 2.24) is 4.90 Å². The summed E-state index contributed by atoms with van der Waals surface area (Å²) >= 11 is 0. The SMILES string of the molecule is CC(c1cc2c3ccccc3ccc2c2ccccc12)N(C)C(C)(CO)CO. The van der Waals surface area contributed by atoms with Gasteiger partial charge in [-0.05, 0) is 64.8 Å². The zero-order valence-corrected chi connectivity index (χ0v) is 16.7. The number of nitrogens with zero attached hydrogens (tertiary/aromatic N) is 1. The molecule has 3 heteroatoms. The molecule has 28 heavy (non-hydrogen) atoms. The Morgan fingerprint density at radius 3 is 2.04 bits per heavy atom. The van der Waals surface area contributed by atoms with E-state index in [9.17, 15) is 10.2 Å². The van der Waals surface area contributed by atoms with Gasteiger partial charge in [-0.15, -0.1) is 0 Å². The summed E-state index contributed by atoms with van der Waals surface area (Å²) in [6, 6.07) is 23.7. The maximum absolute atomic E-state index is 9.88. The summed E-state index contributed by atoms with van der Waals surface area (Å²) in [6.07, 6.45) is 0. The molecule has 1 unspecified atom stereocenters. The molecule has 0 amide bonds. The van der Waals surface area contributed by atoms with Gasteiger partial charge in [-0.25, -0.2) is 0 Å². The minimum Gasteiger partial charge on any atom is -0.394 e. The third-order valence-electron chi connectivity index (χ3n) is 6.36. The van der Waals surface area contributed by atoms with Crippen LogP contribution in [0.1, 0.15) is 25.5 Å². The molecule has 0 saturated carbocycles. The molecule has 144 valence electrons. The molecular weight excluding hydrogens is 346 g/mol. The smallest absolute Gasteiger partial charge is 0.0646 e. The molecule has 3 nitrogen and oxygen atoms in total. The lowest BCUT2D eigenvalue weighted by Crippen LogP contribution is -2.50. The van der Waals surface area contributed by atoms with Crippen molar-refractivity contribution in [2.24, 2.45) is 0 Å². The van der Waals surface area contributed by atoms with Gasteiger partial charge >= 0.3 is 0 Å². The van der Waals surface area contributed by atoms with Gasteiger partial charge in [0.1, 0.15) is 0 Å². The van der Waals surface area contributed by atoms with Crippen LogP contribution in [0.5, 0.6) is 0 Å². The van der Waals surface area contributed by atoms with Crippen LogP contribution in [0.4, 0.5) is 0 Å². The summed E-state index contributed by atoms with van der Waals surface area (Å²) < 4.78 is 0. The number of benzene rings is 4. The molecule has 4 aromatic carbocycles. The van der Waals surface area contributed by atoms with Gasteiger partial charge in [0.2, 0.25) is 0 Å². The van der Waals surface area contributed by atoms with E-state index in [4.69, 9.17) is 0 Å². The quantitative estimate of drug-likeness (QED) is 0.490. The Balaban J connectivity index is 2.03. The van der Waals surface area contributed by atoms with E-state index in [0.717, 1.165) is 0 Å². The molecule has 0 bridgehead atoms. The van der Waals surface area contributed by atoms with Crippen LogP contribution in [0, 0.1) is 0 Å². The number of aliphatic hydroxyl groups is 2. The second kappa shape index (κ2) is 7.17. The Morgan fingerprint density at radius 2 is 1.36 bits per heavy atom. The van der Waals surface area contributed by atoms with Gasteiger partial charge in [0.05, 0.1) is 18.8 Å². The van der Waals surface area contributed by atoms with Crippen LogP contribution in [-0.2, 0) is 0 Å². The fraction of sp³-hybridized carbons (Fsp3) is 0.280. The summed E-state index contributed by atoms with van der Waals surface area (Å²) in [7, 11) is 1.97. The molecule has 0 saturated heterocycles. The highest BCUT2D eigenvalue weighted by Crippen LogP contribution is 2.38. The molecule has 0 fully saturated rings. The highest BCUT2D eigenvalue weighted by atomic mass is 16.3. The number of rotatable bonds is 5. The van der Waals surface area contributed by atoms with Crippen molar-refractivity contribution < 1.29 is 10.2 Å². The monoisotopic (exact) mass is 373 g/mol. The van der Waals surface area contributed by atoms with Crippen molar-refractivity contribution >= 4 is 32.3 Å². The molecule has 0 radical (unpaired) electrons. The number of fused-ring (bicyclic) bond motifs is 5. The van der Waals surface area contributed by atoms with Crippen LogP contribution in [-0.4, -0.2) is 40.9 Å². The maximum Gasteiger partial charge on any atom is 0.0646 e. The van der Waals surface area contributed by atoms with E-state index >= 15 is 0 Å². The number of hydrogen-bond donors (Lipinski definition) is 2. The van der Waals surface area contributed by atoms with Crippen molar-refractivity contribution in [3.8, 4) is 0 Å². The summed E-state index contributed by atoms with van der Waals surface area (Å²) in [5, 5.41) is 27.2. The average molecular weight is 373 g/mol. The van der Waals surface area contributed by atoms with E-state index in [1.54, 1.807) is 0 Å². The molecule has 0 aliphatic carbocycles.